The van der Waals surface area contributed by atoms with Crippen molar-refractivity contribution in [2.75, 3.05) is 31.1 Å². The Kier molecular flexibility index (Phi) is 5.93. The predicted octanol–water partition coefficient (Wildman–Crippen LogP) is 1.41. The van der Waals surface area contributed by atoms with Crippen LogP contribution in [-0.4, -0.2) is 53.0 Å². The van der Waals surface area contributed by atoms with E-state index in [2.05, 4.69) is 37.7 Å². The molecule has 1 saturated heterocycles. The minimum atomic E-state index is -0.0182. The maximum Gasteiger partial charge on any atom is 0.225 e. The summed E-state index contributed by atoms with van der Waals surface area (Å²) < 4.78 is 0.866. The van der Waals surface area contributed by atoms with Gasteiger partial charge < -0.3 is 15.5 Å². The van der Waals surface area contributed by atoms with Crippen molar-refractivity contribution in [2.24, 2.45) is 5.73 Å². The molecule has 1 aromatic heterocycles. The van der Waals surface area contributed by atoms with Gasteiger partial charge >= 0.3 is 0 Å². The fourth-order valence-corrected chi connectivity index (χ4v) is 2.66. The molecule has 0 spiro atoms. The number of hydrogen-bond acceptors (Lipinski definition) is 5. The average molecular weight is 356 g/mol. The van der Waals surface area contributed by atoms with Gasteiger partial charge in [0.1, 0.15) is 0 Å². The summed E-state index contributed by atoms with van der Waals surface area (Å²) in [5.74, 6) is 0.875. The second kappa shape index (κ2) is 7.70. The fraction of sp³-hybridized carbons (Fsp3) is 0.643. The van der Waals surface area contributed by atoms with E-state index in [-0.39, 0.29) is 11.9 Å². The van der Waals surface area contributed by atoms with Crippen molar-refractivity contribution >= 4 is 27.8 Å². The number of nitrogens with two attached hydrogens (primary N) is 1. The minimum Gasteiger partial charge on any atom is -0.339 e. The molecule has 1 fully saturated rings. The van der Waals surface area contributed by atoms with Gasteiger partial charge in [0, 0.05) is 51.0 Å². The molecular weight excluding hydrogens is 334 g/mol. The predicted molar refractivity (Wildman–Crippen MR) is 86.0 cm³/mol. The van der Waals surface area contributed by atoms with Crippen molar-refractivity contribution in [3.8, 4) is 0 Å². The van der Waals surface area contributed by atoms with Crippen LogP contribution in [0.1, 0.15) is 26.2 Å². The number of carbonyl (C=O) groups is 1. The van der Waals surface area contributed by atoms with Crippen molar-refractivity contribution in [1.29, 1.82) is 0 Å². The standard InChI is InChI=1S/C14H22BrN5O/c1-2-3-12(16)8-13(21)19-4-6-20(7-5-19)14-17-9-11(15)10-18-14/h9-10,12H,2-8,16H2,1H3. The number of amides is 1. The first-order chi connectivity index (χ1) is 10.1. The quantitative estimate of drug-likeness (QED) is 0.863. The lowest BCUT2D eigenvalue weighted by Gasteiger charge is -2.35. The molecule has 1 aromatic rings. The highest BCUT2D eigenvalue weighted by Gasteiger charge is 2.23. The summed E-state index contributed by atoms with van der Waals surface area (Å²) in [4.78, 5) is 24.7. The van der Waals surface area contributed by atoms with E-state index in [1.165, 1.54) is 0 Å². The van der Waals surface area contributed by atoms with E-state index < -0.39 is 0 Å². The molecule has 0 radical (unpaired) electrons. The molecule has 1 aliphatic heterocycles. The lowest BCUT2D eigenvalue weighted by Crippen LogP contribution is -2.50. The van der Waals surface area contributed by atoms with Gasteiger partial charge in [-0.1, -0.05) is 13.3 Å². The Hall–Kier alpha value is -1.21. The van der Waals surface area contributed by atoms with Crippen molar-refractivity contribution in [3.05, 3.63) is 16.9 Å². The summed E-state index contributed by atoms with van der Waals surface area (Å²) >= 11 is 3.33. The molecule has 0 aliphatic carbocycles. The summed E-state index contributed by atoms with van der Waals surface area (Å²) in [5, 5.41) is 0. The van der Waals surface area contributed by atoms with Crippen LogP contribution >= 0.6 is 15.9 Å². The number of rotatable bonds is 5. The van der Waals surface area contributed by atoms with E-state index in [0.717, 1.165) is 30.4 Å². The van der Waals surface area contributed by atoms with Gasteiger partial charge in [0.2, 0.25) is 11.9 Å². The summed E-state index contributed by atoms with van der Waals surface area (Å²) in [7, 11) is 0. The highest BCUT2D eigenvalue weighted by Crippen LogP contribution is 2.14. The van der Waals surface area contributed by atoms with Crippen molar-refractivity contribution in [2.45, 2.75) is 32.2 Å². The smallest absolute Gasteiger partial charge is 0.225 e. The Morgan fingerprint density at radius 3 is 2.52 bits per heavy atom. The van der Waals surface area contributed by atoms with Crippen LogP contribution < -0.4 is 10.6 Å². The summed E-state index contributed by atoms with van der Waals surface area (Å²) in [6.45, 7) is 5.02. The number of carbonyl (C=O) groups excluding carboxylic acids is 1. The van der Waals surface area contributed by atoms with Gasteiger partial charge in [-0.25, -0.2) is 9.97 Å². The van der Waals surface area contributed by atoms with Gasteiger partial charge in [0.25, 0.3) is 0 Å². The molecule has 0 aromatic carbocycles. The van der Waals surface area contributed by atoms with E-state index in [4.69, 9.17) is 5.73 Å². The van der Waals surface area contributed by atoms with E-state index in [1.807, 2.05) is 4.90 Å². The van der Waals surface area contributed by atoms with Gasteiger partial charge in [-0.15, -0.1) is 0 Å². The molecule has 21 heavy (non-hydrogen) atoms. The largest absolute Gasteiger partial charge is 0.339 e. The Labute approximate surface area is 133 Å². The van der Waals surface area contributed by atoms with E-state index in [9.17, 15) is 4.79 Å². The lowest BCUT2D eigenvalue weighted by molar-refractivity contribution is -0.131. The molecular formula is C14H22BrN5O. The molecule has 7 heteroatoms. The lowest BCUT2D eigenvalue weighted by atomic mass is 10.1. The summed E-state index contributed by atoms with van der Waals surface area (Å²) in [6, 6.07) is -0.0182. The number of hydrogen-bond donors (Lipinski definition) is 1. The number of anilines is 1. The van der Waals surface area contributed by atoms with Crippen LogP contribution in [0.15, 0.2) is 16.9 Å². The Morgan fingerprint density at radius 1 is 1.33 bits per heavy atom. The van der Waals surface area contributed by atoms with Gasteiger partial charge in [-0.3, -0.25) is 4.79 Å². The number of halogens is 1. The fourth-order valence-electron chi connectivity index (χ4n) is 2.45. The first-order valence-electron chi connectivity index (χ1n) is 7.36. The molecule has 1 aliphatic rings. The van der Waals surface area contributed by atoms with Crippen LogP contribution in [0, 0.1) is 0 Å². The average Bonchev–Trinajstić information content (AvgIpc) is 2.48. The van der Waals surface area contributed by atoms with Crippen LogP contribution in [0.25, 0.3) is 0 Å². The second-order valence-electron chi connectivity index (χ2n) is 5.32. The molecule has 2 N–H and O–H groups in total. The number of nitrogens with zero attached hydrogens (tertiary/aromatic N) is 4. The van der Waals surface area contributed by atoms with Crippen LogP contribution in [-0.2, 0) is 4.79 Å². The minimum absolute atomic E-state index is 0.0182. The van der Waals surface area contributed by atoms with Crippen molar-refractivity contribution < 1.29 is 4.79 Å². The number of piperazine rings is 1. The Bertz CT molecular complexity index is 459. The third kappa shape index (κ3) is 4.64. The first-order valence-corrected chi connectivity index (χ1v) is 8.15. The highest BCUT2D eigenvalue weighted by molar-refractivity contribution is 9.10. The second-order valence-corrected chi connectivity index (χ2v) is 6.24. The molecule has 1 atom stereocenters. The molecule has 2 heterocycles. The summed E-state index contributed by atoms with van der Waals surface area (Å²) in [6.07, 6.45) is 5.84. The zero-order valence-electron chi connectivity index (χ0n) is 12.3. The highest BCUT2D eigenvalue weighted by atomic mass is 79.9. The maximum atomic E-state index is 12.2. The third-order valence-electron chi connectivity index (χ3n) is 3.62. The molecule has 0 bridgehead atoms. The Balaban J connectivity index is 1.82. The molecule has 2 rings (SSSR count). The van der Waals surface area contributed by atoms with Crippen LogP contribution in [0.4, 0.5) is 5.95 Å². The zero-order valence-corrected chi connectivity index (χ0v) is 13.9. The van der Waals surface area contributed by atoms with E-state index in [1.54, 1.807) is 12.4 Å². The van der Waals surface area contributed by atoms with Crippen LogP contribution in [0.3, 0.4) is 0 Å². The third-order valence-corrected chi connectivity index (χ3v) is 4.03. The molecule has 1 unspecified atom stereocenters. The normalized spacial score (nSPS) is 16.9. The topological polar surface area (TPSA) is 75.4 Å². The van der Waals surface area contributed by atoms with E-state index in [0.29, 0.717) is 25.5 Å². The van der Waals surface area contributed by atoms with Crippen molar-refractivity contribution in [3.63, 3.8) is 0 Å². The summed E-state index contributed by atoms with van der Waals surface area (Å²) in [5.41, 5.74) is 5.94. The maximum absolute atomic E-state index is 12.2. The molecule has 116 valence electrons. The molecule has 0 saturated carbocycles. The number of aromatic nitrogens is 2. The van der Waals surface area contributed by atoms with Crippen molar-refractivity contribution in [1.82, 2.24) is 14.9 Å². The van der Waals surface area contributed by atoms with Crippen LogP contribution in [0.5, 0.6) is 0 Å². The van der Waals surface area contributed by atoms with Gasteiger partial charge in [-0.05, 0) is 22.4 Å². The van der Waals surface area contributed by atoms with E-state index >= 15 is 0 Å². The first kappa shape index (κ1) is 16.2. The van der Waals surface area contributed by atoms with Gasteiger partial charge in [0.15, 0.2) is 0 Å². The molecule has 6 nitrogen and oxygen atoms in total. The van der Waals surface area contributed by atoms with Gasteiger partial charge in [-0.2, -0.15) is 0 Å². The SMILES string of the molecule is CCCC(N)CC(=O)N1CCN(c2ncc(Br)cn2)CC1. The van der Waals surface area contributed by atoms with Crippen LogP contribution in [0.2, 0.25) is 0 Å². The van der Waals surface area contributed by atoms with Gasteiger partial charge in [0.05, 0.1) is 4.47 Å². The monoisotopic (exact) mass is 355 g/mol. The molecule has 1 amide bonds. The Morgan fingerprint density at radius 2 is 1.95 bits per heavy atom. The zero-order chi connectivity index (χ0) is 15.2.